The van der Waals surface area contributed by atoms with Crippen molar-refractivity contribution in [3.05, 3.63) is 81.1 Å². The molecule has 0 bridgehead atoms. The predicted octanol–water partition coefficient (Wildman–Crippen LogP) is 2.45. The molecule has 0 unspecified atom stereocenters. The number of nitrogens with one attached hydrogen (secondary N) is 1. The number of hydrogen-bond acceptors (Lipinski definition) is 1. The molecule has 0 atom stereocenters. The summed E-state index contributed by atoms with van der Waals surface area (Å²) >= 11 is 0. The molecule has 2 aromatic carbocycles. The van der Waals surface area contributed by atoms with Gasteiger partial charge in [0.1, 0.15) is 6.54 Å². The first-order valence-corrected chi connectivity index (χ1v) is 8.12. The zero-order valence-electron chi connectivity index (χ0n) is 13.7. The number of benzene rings is 2. The Morgan fingerprint density at radius 2 is 1.83 bits per heavy atom. The normalized spacial score (nSPS) is 11.0. The van der Waals surface area contributed by atoms with Crippen LogP contribution in [0.5, 0.6) is 0 Å². The molecule has 1 aromatic heterocycles. The van der Waals surface area contributed by atoms with E-state index in [1.807, 2.05) is 19.1 Å². The van der Waals surface area contributed by atoms with Gasteiger partial charge >= 0.3 is 0 Å². The van der Waals surface area contributed by atoms with Crippen LogP contribution in [0, 0.1) is 13.8 Å². The van der Waals surface area contributed by atoms with E-state index in [0.29, 0.717) is 6.54 Å². The molecule has 0 aliphatic carbocycles. The largest absolute Gasteiger partial charge is 0.342 e. The van der Waals surface area contributed by atoms with Crippen molar-refractivity contribution in [1.29, 1.82) is 0 Å². The van der Waals surface area contributed by atoms with Crippen LogP contribution in [0.4, 0.5) is 0 Å². The van der Waals surface area contributed by atoms with E-state index in [-0.39, 0.29) is 5.56 Å². The highest BCUT2D eigenvalue weighted by molar-refractivity contribution is 5.79. The maximum absolute atomic E-state index is 12.2. The van der Waals surface area contributed by atoms with Crippen LogP contribution in [-0.4, -0.2) is 11.5 Å². The van der Waals surface area contributed by atoms with Crippen molar-refractivity contribution in [1.82, 2.24) is 4.98 Å². The first-order valence-electron chi connectivity index (χ1n) is 8.12. The average molecular weight is 307 g/mol. The minimum absolute atomic E-state index is 0.0234. The number of fused-ring (bicyclic) bond motifs is 1. The fourth-order valence-electron chi connectivity index (χ4n) is 2.92. The van der Waals surface area contributed by atoms with Crippen LogP contribution >= 0.6 is 0 Å². The Morgan fingerprint density at radius 1 is 1.00 bits per heavy atom. The van der Waals surface area contributed by atoms with Gasteiger partial charge in [0, 0.05) is 11.9 Å². The number of hydrogen-bond donors (Lipinski definition) is 2. The van der Waals surface area contributed by atoms with Crippen molar-refractivity contribution in [3.8, 4) is 0 Å². The van der Waals surface area contributed by atoms with Gasteiger partial charge in [0.25, 0.3) is 5.56 Å². The molecule has 3 heteroatoms. The quantitative estimate of drug-likeness (QED) is 0.699. The third-order valence-electron chi connectivity index (χ3n) is 4.32. The molecule has 3 nitrogen and oxygen atoms in total. The monoisotopic (exact) mass is 307 g/mol. The summed E-state index contributed by atoms with van der Waals surface area (Å²) in [5, 5.41) is 3.30. The fourth-order valence-corrected chi connectivity index (χ4v) is 2.92. The standard InChI is InChI=1S/C20H22N2O/c1-14-7-8-17-12-18(20(23)22-19(17)11-14)13-21-10-9-16-6-4-3-5-15(16)2/h3-8,11-12,21H,9-10,13H2,1-2H3,(H,22,23)/p+1. The van der Waals surface area contributed by atoms with Gasteiger partial charge < -0.3 is 10.3 Å². The molecule has 3 rings (SSSR count). The summed E-state index contributed by atoms with van der Waals surface area (Å²) in [4.78, 5) is 15.2. The molecule has 118 valence electrons. The number of aromatic nitrogens is 1. The lowest BCUT2D eigenvalue weighted by molar-refractivity contribution is -0.670. The predicted molar refractivity (Wildman–Crippen MR) is 94.7 cm³/mol. The summed E-state index contributed by atoms with van der Waals surface area (Å²) < 4.78 is 0. The number of H-pyrrole nitrogens is 1. The third kappa shape index (κ3) is 3.69. The summed E-state index contributed by atoms with van der Waals surface area (Å²) in [6.07, 6.45) is 1.03. The molecule has 0 saturated carbocycles. The van der Waals surface area contributed by atoms with E-state index in [0.717, 1.165) is 35.0 Å². The highest BCUT2D eigenvalue weighted by Crippen LogP contribution is 2.12. The van der Waals surface area contributed by atoms with Crippen LogP contribution in [0.25, 0.3) is 10.9 Å². The van der Waals surface area contributed by atoms with Crippen LogP contribution < -0.4 is 10.9 Å². The molecule has 0 aliphatic heterocycles. The molecule has 0 amide bonds. The maximum Gasteiger partial charge on any atom is 0.257 e. The molecular weight excluding hydrogens is 284 g/mol. The van der Waals surface area contributed by atoms with E-state index in [2.05, 4.69) is 53.6 Å². The first-order chi connectivity index (χ1) is 11.1. The summed E-state index contributed by atoms with van der Waals surface area (Å²) in [5.74, 6) is 0. The van der Waals surface area contributed by atoms with Crippen molar-refractivity contribution in [3.63, 3.8) is 0 Å². The van der Waals surface area contributed by atoms with Crippen LogP contribution in [0.1, 0.15) is 22.3 Å². The van der Waals surface area contributed by atoms with Crippen LogP contribution in [0.15, 0.2) is 53.3 Å². The smallest absolute Gasteiger partial charge is 0.257 e. The Morgan fingerprint density at radius 3 is 2.65 bits per heavy atom. The second-order valence-electron chi connectivity index (χ2n) is 6.17. The van der Waals surface area contributed by atoms with Crippen LogP contribution in [-0.2, 0) is 13.0 Å². The molecular formula is C20H23N2O+. The number of quaternary nitrogens is 1. The molecule has 3 N–H and O–H groups in total. The zero-order chi connectivity index (χ0) is 16.2. The second-order valence-corrected chi connectivity index (χ2v) is 6.17. The molecule has 23 heavy (non-hydrogen) atoms. The summed E-state index contributed by atoms with van der Waals surface area (Å²) in [6.45, 7) is 5.87. The van der Waals surface area contributed by atoms with E-state index in [1.165, 1.54) is 11.1 Å². The van der Waals surface area contributed by atoms with E-state index in [9.17, 15) is 4.79 Å². The van der Waals surface area contributed by atoms with Gasteiger partial charge in [-0.15, -0.1) is 0 Å². The zero-order valence-corrected chi connectivity index (χ0v) is 13.7. The summed E-state index contributed by atoms with van der Waals surface area (Å²) in [7, 11) is 0. The van der Waals surface area contributed by atoms with Gasteiger partial charge in [0.2, 0.25) is 0 Å². The van der Waals surface area contributed by atoms with Crippen LogP contribution in [0.2, 0.25) is 0 Å². The topological polar surface area (TPSA) is 49.5 Å². The molecule has 0 aliphatic rings. The molecule has 1 heterocycles. The van der Waals surface area contributed by atoms with E-state index in [4.69, 9.17) is 0 Å². The van der Waals surface area contributed by atoms with E-state index in [1.54, 1.807) is 0 Å². The maximum atomic E-state index is 12.2. The highest BCUT2D eigenvalue weighted by Gasteiger charge is 2.05. The minimum atomic E-state index is 0.0234. The summed E-state index contributed by atoms with van der Waals surface area (Å²) in [6, 6.07) is 16.6. The minimum Gasteiger partial charge on any atom is -0.342 e. The number of rotatable bonds is 5. The van der Waals surface area contributed by atoms with Gasteiger partial charge in [-0.1, -0.05) is 36.4 Å². The van der Waals surface area contributed by atoms with Crippen molar-refractivity contribution in [2.24, 2.45) is 0 Å². The Labute approximate surface area is 136 Å². The van der Waals surface area contributed by atoms with Gasteiger partial charge in [-0.05, 0) is 48.1 Å². The molecule has 0 saturated heterocycles. The van der Waals surface area contributed by atoms with Gasteiger partial charge in [-0.3, -0.25) is 4.79 Å². The van der Waals surface area contributed by atoms with Crippen molar-refractivity contribution in [2.45, 2.75) is 26.8 Å². The Balaban J connectivity index is 1.65. The lowest BCUT2D eigenvalue weighted by Crippen LogP contribution is -2.83. The van der Waals surface area contributed by atoms with Gasteiger partial charge in [0.15, 0.2) is 0 Å². The number of aryl methyl sites for hydroxylation is 2. The Hall–Kier alpha value is -2.39. The highest BCUT2D eigenvalue weighted by atomic mass is 16.1. The molecule has 0 spiro atoms. The van der Waals surface area contributed by atoms with Gasteiger partial charge in [-0.25, -0.2) is 0 Å². The number of nitrogens with two attached hydrogens (primary N) is 1. The Bertz CT molecular complexity index is 880. The van der Waals surface area contributed by atoms with Crippen LogP contribution in [0.3, 0.4) is 0 Å². The summed E-state index contributed by atoms with van der Waals surface area (Å²) in [5.41, 5.74) is 5.65. The SMILES string of the molecule is Cc1ccc2cc(C[NH2+]CCc3ccccc3C)c(=O)[nH]c2c1. The van der Waals surface area contributed by atoms with Crippen molar-refractivity contribution in [2.75, 3.05) is 6.54 Å². The van der Waals surface area contributed by atoms with Gasteiger partial charge in [-0.2, -0.15) is 0 Å². The van der Waals surface area contributed by atoms with Crippen molar-refractivity contribution >= 4 is 10.9 Å². The van der Waals surface area contributed by atoms with Crippen molar-refractivity contribution < 1.29 is 5.32 Å². The molecule has 0 fully saturated rings. The average Bonchev–Trinajstić information content (AvgIpc) is 2.53. The molecule has 3 aromatic rings. The third-order valence-corrected chi connectivity index (χ3v) is 4.32. The van der Waals surface area contributed by atoms with Gasteiger partial charge in [0.05, 0.1) is 12.1 Å². The number of aromatic amines is 1. The fraction of sp³-hybridized carbons (Fsp3) is 0.250. The first kappa shape index (κ1) is 15.5. The van der Waals surface area contributed by atoms with E-state index >= 15 is 0 Å². The second kappa shape index (κ2) is 6.80. The lowest BCUT2D eigenvalue weighted by Gasteiger charge is -2.06. The van der Waals surface area contributed by atoms with E-state index < -0.39 is 0 Å². The Kier molecular flexibility index (Phi) is 4.58. The number of pyridine rings is 1. The lowest BCUT2D eigenvalue weighted by atomic mass is 10.1. The molecule has 0 radical (unpaired) electrons.